The van der Waals surface area contributed by atoms with E-state index in [0.29, 0.717) is 19.4 Å². The van der Waals surface area contributed by atoms with Crippen molar-refractivity contribution in [2.45, 2.75) is 32.3 Å². The minimum absolute atomic E-state index is 0.230. The van der Waals surface area contributed by atoms with Gasteiger partial charge in [-0.1, -0.05) is 0 Å². The summed E-state index contributed by atoms with van der Waals surface area (Å²) in [5.74, 6) is 0. The maximum absolute atomic E-state index is 8.68. The van der Waals surface area contributed by atoms with Crippen LogP contribution in [0.15, 0.2) is 11.1 Å². The van der Waals surface area contributed by atoms with Crippen LogP contribution in [-0.2, 0) is 4.74 Å². The van der Waals surface area contributed by atoms with Crippen molar-refractivity contribution >= 4 is 0 Å². The second-order valence-electron chi connectivity index (χ2n) is 3.74. The van der Waals surface area contributed by atoms with Gasteiger partial charge >= 0.3 is 0 Å². The molecule has 0 radical (unpaired) electrons. The number of nitriles is 2. The van der Waals surface area contributed by atoms with Crippen molar-refractivity contribution in [3.05, 3.63) is 11.1 Å². The highest BCUT2D eigenvalue weighted by atomic mass is 16.5. The Hall–Kier alpha value is -1.32. The number of hydrogen-bond acceptors (Lipinski definition) is 3. The van der Waals surface area contributed by atoms with E-state index < -0.39 is 0 Å². The minimum Gasteiger partial charge on any atom is -0.375 e. The number of rotatable bonds is 0. The van der Waals surface area contributed by atoms with E-state index in [9.17, 15) is 0 Å². The Balaban J connectivity index is 2.91. The Kier molecular flexibility index (Phi) is 2.70. The highest BCUT2D eigenvalue weighted by molar-refractivity contribution is 5.41. The summed E-state index contributed by atoms with van der Waals surface area (Å²) < 4.78 is 5.48. The monoisotopic (exact) mass is 176 g/mol. The first kappa shape index (κ1) is 9.77. The molecule has 0 atom stereocenters. The molecular weight excluding hydrogens is 164 g/mol. The summed E-state index contributed by atoms with van der Waals surface area (Å²) in [5.41, 5.74) is 0.963. The maximum atomic E-state index is 8.68. The lowest BCUT2D eigenvalue weighted by Crippen LogP contribution is -2.30. The SMILES string of the molecule is CC1(C)CC(=C(C#N)C#N)CCO1. The fourth-order valence-corrected chi connectivity index (χ4v) is 1.50. The number of allylic oxidation sites excluding steroid dienone is 1. The van der Waals surface area contributed by atoms with Crippen LogP contribution >= 0.6 is 0 Å². The number of nitrogens with zero attached hydrogens (tertiary/aromatic N) is 2. The van der Waals surface area contributed by atoms with Gasteiger partial charge in [0.2, 0.25) is 0 Å². The molecule has 0 amide bonds. The Morgan fingerprint density at radius 3 is 2.46 bits per heavy atom. The van der Waals surface area contributed by atoms with Crippen molar-refractivity contribution in [3.8, 4) is 12.1 Å². The Morgan fingerprint density at radius 1 is 1.38 bits per heavy atom. The molecule has 1 fully saturated rings. The van der Waals surface area contributed by atoms with E-state index in [4.69, 9.17) is 15.3 Å². The molecule has 0 bridgehead atoms. The first-order valence-corrected chi connectivity index (χ1v) is 4.25. The molecule has 0 aromatic heterocycles. The van der Waals surface area contributed by atoms with Crippen LogP contribution in [-0.4, -0.2) is 12.2 Å². The summed E-state index contributed by atoms with van der Waals surface area (Å²) in [6.07, 6.45) is 1.39. The van der Waals surface area contributed by atoms with Gasteiger partial charge in [-0.2, -0.15) is 10.5 Å². The molecule has 0 spiro atoms. The van der Waals surface area contributed by atoms with Gasteiger partial charge in [0.05, 0.1) is 12.2 Å². The van der Waals surface area contributed by atoms with Crippen molar-refractivity contribution in [3.63, 3.8) is 0 Å². The molecule has 1 aliphatic rings. The van der Waals surface area contributed by atoms with Gasteiger partial charge in [-0.05, 0) is 32.3 Å². The summed E-state index contributed by atoms with van der Waals surface area (Å²) in [6.45, 7) is 4.55. The molecule has 3 heteroatoms. The van der Waals surface area contributed by atoms with E-state index in [1.54, 1.807) is 0 Å². The summed E-state index contributed by atoms with van der Waals surface area (Å²) in [7, 11) is 0. The van der Waals surface area contributed by atoms with Crippen LogP contribution in [0.3, 0.4) is 0 Å². The first-order chi connectivity index (χ1) is 6.09. The van der Waals surface area contributed by atoms with Crippen LogP contribution in [0.2, 0.25) is 0 Å². The standard InChI is InChI=1S/C10H12N2O/c1-10(2)5-8(3-4-13-10)9(6-11)7-12/h3-5H2,1-2H3. The van der Waals surface area contributed by atoms with Crippen molar-refractivity contribution in [1.29, 1.82) is 10.5 Å². The van der Waals surface area contributed by atoms with E-state index in [-0.39, 0.29) is 11.2 Å². The summed E-state index contributed by atoms with van der Waals surface area (Å²) in [4.78, 5) is 0. The summed E-state index contributed by atoms with van der Waals surface area (Å²) in [6, 6.07) is 3.84. The Labute approximate surface area is 78.2 Å². The van der Waals surface area contributed by atoms with Gasteiger partial charge in [-0.15, -0.1) is 0 Å². The van der Waals surface area contributed by atoms with E-state index in [2.05, 4.69) is 0 Å². The molecule has 0 saturated carbocycles. The average molecular weight is 176 g/mol. The molecule has 3 nitrogen and oxygen atoms in total. The third-order valence-corrected chi connectivity index (χ3v) is 2.11. The normalized spacial score (nSPS) is 20.2. The molecule has 0 N–H and O–H groups in total. The molecular formula is C10H12N2O. The van der Waals surface area contributed by atoms with Crippen molar-refractivity contribution in [2.75, 3.05) is 6.61 Å². The van der Waals surface area contributed by atoms with Gasteiger partial charge < -0.3 is 4.74 Å². The molecule has 1 saturated heterocycles. The van der Waals surface area contributed by atoms with E-state index in [1.807, 2.05) is 26.0 Å². The third kappa shape index (κ3) is 2.31. The maximum Gasteiger partial charge on any atom is 0.129 e. The zero-order valence-corrected chi connectivity index (χ0v) is 7.92. The Bertz CT molecular complexity index is 299. The molecule has 0 aromatic rings. The van der Waals surface area contributed by atoms with Crippen LogP contribution in [0.1, 0.15) is 26.7 Å². The quantitative estimate of drug-likeness (QED) is 0.530. The van der Waals surface area contributed by atoms with Crippen molar-refractivity contribution in [1.82, 2.24) is 0 Å². The second-order valence-corrected chi connectivity index (χ2v) is 3.74. The predicted molar refractivity (Wildman–Crippen MR) is 47.5 cm³/mol. The van der Waals surface area contributed by atoms with E-state index >= 15 is 0 Å². The molecule has 13 heavy (non-hydrogen) atoms. The fraction of sp³-hybridized carbons (Fsp3) is 0.600. The van der Waals surface area contributed by atoms with Gasteiger partial charge in [-0.3, -0.25) is 0 Å². The van der Waals surface area contributed by atoms with Crippen LogP contribution < -0.4 is 0 Å². The van der Waals surface area contributed by atoms with Crippen LogP contribution in [0.4, 0.5) is 0 Å². The zero-order valence-electron chi connectivity index (χ0n) is 7.92. The molecule has 0 unspecified atom stereocenters. The fourth-order valence-electron chi connectivity index (χ4n) is 1.50. The zero-order chi connectivity index (χ0) is 9.90. The third-order valence-electron chi connectivity index (χ3n) is 2.11. The van der Waals surface area contributed by atoms with E-state index in [1.165, 1.54) is 0 Å². The molecule has 1 aliphatic heterocycles. The second kappa shape index (κ2) is 3.60. The summed E-state index contributed by atoms with van der Waals surface area (Å²) >= 11 is 0. The average Bonchev–Trinajstić information content (AvgIpc) is 2.05. The van der Waals surface area contributed by atoms with Gasteiger partial charge in [-0.25, -0.2) is 0 Å². The smallest absolute Gasteiger partial charge is 0.129 e. The Morgan fingerprint density at radius 2 is 2.00 bits per heavy atom. The lowest BCUT2D eigenvalue weighted by molar-refractivity contribution is -0.0334. The van der Waals surface area contributed by atoms with Gasteiger partial charge in [0.15, 0.2) is 0 Å². The van der Waals surface area contributed by atoms with Gasteiger partial charge in [0.1, 0.15) is 17.7 Å². The lowest BCUT2D eigenvalue weighted by atomic mass is 9.91. The van der Waals surface area contributed by atoms with Gasteiger partial charge in [0, 0.05) is 0 Å². The first-order valence-electron chi connectivity index (χ1n) is 4.25. The van der Waals surface area contributed by atoms with Gasteiger partial charge in [0.25, 0.3) is 0 Å². The van der Waals surface area contributed by atoms with E-state index in [0.717, 1.165) is 5.57 Å². The van der Waals surface area contributed by atoms with Crippen molar-refractivity contribution in [2.24, 2.45) is 0 Å². The highest BCUT2D eigenvalue weighted by Crippen LogP contribution is 2.29. The number of ether oxygens (including phenoxy) is 1. The highest BCUT2D eigenvalue weighted by Gasteiger charge is 2.26. The lowest BCUT2D eigenvalue weighted by Gasteiger charge is -2.31. The van der Waals surface area contributed by atoms with Crippen LogP contribution in [0.5, 0.6) is 0 Å². The predicted octanol–water partition coefficient (Wildman–Crippen LogP) is 1.92. The topological polar surface area (TPSA) is 56.8 Å². The minimum atomic E-state index is -0.230. The molecule has 1 rings (SSSR count). The summed E-state index contributed by atoms with van der Waals surface area (Å²) in [5, 5.41) is 17.4. The largest absolute Gasteiger partial charge is 0.375 e. The van der Waals surface area contributed by atoms with Crippen molar-refractivity contribution < 1.29 is 4.74 Å². The molecule has 0 aromatic carbocycles. The van der Waals surface area contributed by atoms with Crippen LogP contribution in [0, 0.1) is 22.7 Å². The molecule has 68 valence electrons. The van der Waals surface area contributed by atoms with Crippen LogP contribution in [0.25, 0.3) is 0 Å². The number of hydrogen-bond donors (Lipinski definition) is 0. The molecule has 1 heterocycles. The molecule has 0 aliphatic carbocycles.